The molecule has 4 rings (SSSR count). The van der Waals surface area contributed by atoms with Crippen LogP contribution in [0, 0.1) is 35.5 Å². The number of Topliss-reactive ketones (excluding diaryl/α,β-unsaturated/α-hetero) is 2. The first-order valence-electron chi connectivity index (χ1n) is 22.6. The number of carbonyl (C=O) groups excluding carboxylic acids is 5. The molecule has 1 saturated carbocycles. The maximum absolute atomic E-state index is 14.4. The molecule has 0 aromatic carbocycles. The molecule has 12 heteroatoms. The number of nitrogens with zero attached hydrogens (tertiary/aromatic N) is 1. The second-order valence-electron chi connectivity index (χ2n) is 18.6. The molecular weight excluding hydrogens is 753 g/mol. The molecule has 0 aromatic heterocycles. The molecule has 3 aliphatic heterocycles. The molecule has 2 N–H and O–H groups in total. The zero-order valence-corrected chi connectivity index (χ0v) is 37.8. The fraction of sp³-hybridized carbons (Fsp3) is 0.809. The lowest BCUT2D eigenvalue weighted by atomic mass is 9.75. The molecule has 334 valence electrons. The number of hydrogen-bond acceptors (Lipinski definition) is 10. The molecule has 4 aliphatic rings. The van der Waals surface area contributed by atoms with Gasteiger partial charge in [0.1, 0.15) is 24.0 Å². The Kier molecular flexibility index (Phi) is 18.4. The van der Waals surface area contributed by atoms with E-state index < -0.39 is 59.8 Å². The van der Waals surface area contributed by atoms with Crippen molar-refractivity contribution in [3.8, 4) is 0 Å². The standard InChI is InChI=1S/C47H76N2O10/c1-11-15-36-27-34(18-19-37(36)48-33(8)50)25-31(6)42-30(5)17-20-39(51)35(12-2)23-28(3)22-29(4)24-40(56-9)43-41(57-10)26-32(7)47(55,59-43)44(52)45(53)49-21-14-13-16-38(49)46(54)58-42/h23,25,29-30,32,34-38,40-43,55H,11-22,24,26-27H2,1-10H3,(H,48,50). The van der Waals surface area contributed by atoms with Crippen molar-refractivity contribution in [1.29, 1.82) is 0 Å². The average molecular weight is 829 g/mol. The maximum atomic E-state index is 14.4. The van der Waals surface area contributed by atoms with Crippen LogP contribution in [0.25, 0.3) is 0 Å². The van der Waals surface area contributed by atoms with Crippen LogP contribution in [0.5, 0.6) is 0 Å². The third-order valence-corrected chi connectivity index (χ3v) is 13.7. The Morgan fingerprint density at radius 2 is 1.68 bits per heavy atom. The summed E-state index contributed by atoms with van der Waals surface area (Å²) in [5.74, 6) is -5.65. The predicted molar refractivity (Wildman–Crippen MR) is 226 cm³/mol. The lowest BCUT2D eigenvalue weighted by Gasteiger charge is -2.47. The summed E-state index contributed by atoms with van der Waals surface area (Å²) in [5.41, 5.74) is 1.98. The number of methoxy groups -OCH3 is 2. The number of ether oxygens (including phenoxy) is 4. The Balaban J connectivity index is 1.72. The molecule has 12 nitrogen and oxygen atoms in total. The van der Waals surface area contributed by atoms with Crippen LogP contribution in [0.2, 0.25) is 0 Å². The van der Waals surface area contributed by atoms with Crippen molar-refractivity contribution in [3.05, 3.63) is 23.3 Å². The summed E-state index contributed by atoms with van der Waals surface area (Å²) in [7, 11) is 3.12. The highest BCUT2D eigenvalue weighted by molar-refractivity contribution is 6.39. The number of hydrogen-bond donors (Lipinski definition) is 2. The number of fused-ring (bicyclic) bond motifs is 3. The van der Waals surface area contributed by atoms with Gasteiger partial charge in [-0.05, 0) is 120 Å². The fourth-order valence-corrected chi connectivity index (χ4v) is 10.4. The number of aliphatic hydroxyl groups is 1. The number of carbonyl (C=O) groups is 5. The van der Waals surface area contributed by atoms with Crippen LogP contribution >= 0.6 is 0 Å². The highest BCUT2D eigenvalue weighted by atomic mass is 16.7. The van der Waals surface area contributed by atoms with E-state index in [1.807, 2.05) is 27.7 Å². The summed E-state index contributed by atoms with van der Waals surface area (Å²) in [5, 5.41) is 15.2. The van der Waals surface area contributed by atoms with E-state index in [0.717, 1.165) is 43.3 Å². The molecule has 1 aliphatic carbocycles. The van der Waals surface area contributed by atoms with Gasteiger partial charge in [0.25, 0.3) is 11.7 Å². The Labute approximate surface area is 353 Å². The summed E-state index contributed by atoms with van der Waals surface area (Å²) < 4.78 is 24.5. The molecular formula is C47H76N2O10. The van der Waals surface area contributed by atoms with Crippen molar-refractivity contribution >= 4 is 29.4 Å². The van der Waals surface area contributed by atoms with Crippen molar-refractivity contribution in [1.82, 2.24) is 10.2 Å². The van der Waals surface area contributed by atoms with Crippen LogP contribution in [0.4, 0.5) is 0 Å². The number of esters is 1. The van der Waals surface area contributed by atoms with Crippen LogP contribution in [0.15, 0.2) is 23.3 Å². The molecule has 13 unspecified atom stereocenters. The lowest BCUT2D eigenvalue weighted by molar-refractivity contribution is -0.302. The molecule has 13 atom stereocenters. The highest BCUT2D eigenvalue weighted by Crippen LogP contribution is 2.40. The topological polar surface area (TPSA) is 158 Å². The Morgan fingerprint density at radius 3 is 2.32 bits per heavy atom. The zero-order chi connectivity index (χ0) is 43.6. The maximum Gasteiger partial charge on any atom is 0.329 e. The Morgan fingerprint density at radius 1 is 0.983 bits per heavy atom. The lowest BCUT2D eigenvalue weighted by Crippen LogP contribution is -2.64. The largest absolute Gasteiger partial charge is 0.456 e. The Hall–Kier alpha value is -2.93. The number of ketones is 2. The van der Waals surface area contributed by atoms with E-state index in [1.165, 1.54) is 4.90 Å². The van der Waals surface area contributed by atoms with Crippen molar-refractivity contribution in [2.45, 2.75) is 188 Å². The molecule has 0 aromatic rings. The zero-order valence-electron chi connectivity index (χ0n) is 37.8. The van der Waals surface area contributed by atoms with Crippen LogP contribution in [0.3, 0.4) is 0 Å². The summed E-state index contributed by atoms with van der Waals surface area (Å²) >= 11 is 0. The monoisotopic (exact) mass is 829 g/mol. The van der Waals surface area contributed by atoms with Gasteiger partial charge in [-0.2, -0.15) is 0 Å². The van der Waals surface area contributed by atoms with E-state index in [0.29, 0.717) is 57.3 Å². The van der Waals surface area contributed by atoms with Crippen LogP contribution < -0.4 is 5.32 Å². The van der Waals surface area contributed by atoms with Crippen molar-refractivity contribution in [2.24, 2.45) is 35.5 Å². The van der Waals surface area contributed by atoms with E-state index in [9.17, 15) is 29.1 Å². The summed E-state index contributed by atoms with van der Waals surface area (Å²) in [6, 6.07) is -0.899. The van der Waals surface area contributed by atoms with E-state index in [4.69, 9.17) is 18.9 Å². The van der Waals surface area contributed by atoms with Crippen molar-refractivity contribution in [3.63, 3.8) is 0 Å². The quantitative estimate of drug-likeness (QED) is 0.148. The van der Waals surface area contributed by atoms with Crippen LogP contribution in [-0.4, -0.2) is 102 Å². The van der Waals surface area contributed by atoms with E-state index >= 15 is 0 Å². The first-order chi connectivity index (χ1) is 28.0. The number of allylic oxidation sites excluding steroid dienone is 3. The molecule has 59 heavy (non-hydrogen) atoms. The fourth-order valence-electron chi connectivity index (χ4n) is 10.4. The van der Waals surface area contributed by atoms with Gasteiger partial charge in [-0.1, -0.05) is 58.8 Å². The van der Waals surface area contributed by atoms with Gasteiger partial charge in [0.2, 0.25) is 11.7 Å². The molecule has 0 radical (unpaired) electrons. The smallest absolute Gasteiger partial charge is 0.329 e. The van der Waals surface area contributed by atoms with Gasteiger partial charge in [-0.15, -0.1) is 0 Å². The normalized spacial score (nSPS) is 37.8. The summed E-state index contributed by atoms with van der Waals surface area (Å²) in [4.78, 5) is 70.1. The van der Waals surface area contributed by atoms with Crippen LogP contribution in [0.1, 0.15) is 145 Å². The first-order valence-corrected chi connectivity index (χ1v) is 22.6. The number of piperidine rings is 1. The Bertz CT molecular complexity index is 1530. The average Bonchev–Trinajstić information content (AvgIpc) is 3.20. The molecule has 0 spiro atoms. The third-order valence-electron chi connectivity index (χ3n) is 13.7. The molecule has 2 saturated heterocycles. The third kappa shape index (κ3) is 12.3. The molecule has 2 bridgehead atoms. The number of cyclic esters (lactones) is 1. The van der Waals surface area contributed by atoms with Gasteiger partial charge < -0.3 is 34.3 Å². The summed E-state index contributed by atoms with van der Waals surface area (Å²) in [6.07, 6.45) is 10.9. The second kappa shape index (κ2) is 22.2. The van der Waals surface area contributed by atoms with E-state index in [1.54, 1.807) is 28.1 Å². The van der Waals surface area contributed by atoms with Crippen molar-refractivity contribution in [2.75, 3.05) is 20.8 Å². The second-order valence-corrected chi connectivity index (χ2v) is 18.6. The first kappa shape index (κ1) is 48.7. The van der Waals surface area contributed by atoms with Gasteiger partial charge in [0.05, 0.1) is 12.2 Å². The number of amides is 2. The summed E-state index contributed by atoms with van der Waals surface area (Å²) in [6.45, 7) is 15.7. The van der Waals surface area contributed by atoms with E-state index in [-0.39, 0.29) is 54.4 Å². The van der Waals surface area contributed by atoms with Gasteiger partial charge in [-0.3, -0.25) is 19.2 Å². The SMILES string of the molecule is CCCC1CC(C=C(C)C2OC(=O)C3CCCCN3C(=O)C(=O)C3(O)OC(C(OC)CC(C)CC(C)=CC(CC)C(=O)CCC2C)C(OC)CC3C)CCC1NC(C)=O. The highest BCUT2D eigenvalue weighted by Gasteiger charge is 2.56. The number of rotatable bonds is 8. The van der Waals surface area contributed by atoms with Gasteiger partial charge >= 0.3 is 5.97 Å². The molecule has 3 heterocycles. The van der Waals surface area contributed by atoms with Crippen molar-refractivity contribution < 1.29 is 48.0 Å². The molecule has 2 amide bonds. The van der Waals surface area contributed by atoms with Gasteiger partial charge in [-0.25, -0.2) is 4.79 Å². The van der Waals surface area contributed by atoms with Gasteiger partial charge in [0, 0.05) is 52.0 Å². The minimum atomic E-state index is -2.46. The van der Waals surface area contributed by atoms with E-state index in [2.05, 4.69) is 31.3 Å². The number of nitrogens with one attached hydrogen (secondary N) is 1. The minimum Gasteiger partial charge on any atom is -0.456 e. The van der Waals surface area contributed by atoms with Crippen LogP contribution in [-0.2, 0) is 42.9 Å². The minimum absolute atomic E-state index is 0.0172. The molecule has 3 fully saturated rings. The van der Waals surface area contributed by atoms with Gasteiger partial charge in [0.15, 0.2) is 0 Å². The predicted octanol–water partition coefficient (Wildman–Crippen LogP) is 7.05.